The molecule has 1 heterocycles. The van der Waals surface area contributed by atoms with Gasteiger partial charge in [0.2, 0.25) is 0 Å². The van der Waals surface area contributed by atoms with E-state index in [1.165, 1.54) is 0 Å². The third kappa shape index (κ3) is 4.68. The molecule has 1 aromatic rings. The third-order valence-electron chi connectivity index (χ3n) is 3.99. The molecular weight excluding hydrogens is 302 g/mol. The van der Waals surface area contributed by atoms with Gasteiger partial charge in [0.1, 0.15) is 0 Å². The molecule has 0 aliphatic carbocycles. The van der Waals surface area contributed by atoms with E-state index >= 15 is 0 Å². The normalized spacial score (nSPS) is 20.4. The van der Waals surface area contributed by atoms with Crippen molar-refractivity contribution in [1.29, 1.82) is 0 Å². The molecule has 0 bridgehead atoms. The van der Waals surface area contributed by atoms with E-state index in [9.17, 15) is 9.90 Å². The molecule has 2 rings (SSSR count). The van der Waals surface area contributed by atoms with Crippen LogP contribution in [0.15, 0.2) is 24.3 Å². The van der Waals surface area contributed by atoms with Crippen molar-refractivity contribution < 1.29 is 9.90 Å². The number of carbonyl (C=O) groups is 1. The lowest BCUT2D eigenvalue weighted by molar-refractivity contribution is 0.0365. The summed E-state index contributed by atoms with van der Waals surface area (Å²) in [5.74, 6) is 0.0714. The average Bonchev–Trinajstić information content (AvgIpc) is 2.48. The molecule has 1 saturated heterocycles. The lowest BCUT2D eigenvalue weighted by atomic mass is 10.1. The molecule has 1 aromatic carbocycles. The van der Waals surface area contributed by atoms with Crippen molar-refractivity contribution in [3.05, 3.63) is 35.4 Å². The molecule has 1 aliphatic heterocycles. The Hall–Kier alpha value is -1.14. The first-order chi connectivity index (χ1) is 10.0. The third-order valence-corrected chi connectivity index (χ3v) is 3.99. The summed E-state index contributed by atoms with van der Waals surface area (Å²) in [4.78, 5) is 16.6. The first-order valence-electron chi connectivity index (χ1n) is 7.51. The summed E-state index contributed by atoms with van der Waals surface area (Å²) in [5, 5.41) is 9.49. The molecule has 0 aromatic heterocycles. The Morgan fingerprint density at radius 2 is 2.00 bits per heavy atom. The Bertz CT molecular complexity index is 479. The smallest absolute Gasteiger partial charge is 0.253 e. The first kappa shape index (κ1) is 18.9. The summed E-state index contributed by atoms with van der Waals surface area (Å²) in [6.45, 7) is 7.25. The number of hydrogen-bond donors (Lipinski definition) is 2. The highest BCUT2D eigenvalue weighted by atomic mass is 35.5. The summed E-state index contributed by atoms with van der Waals surface area (Å²) in [6, 6.07) is 7.76. The highest BCUT2D eigenvalue weighted by molar-refractivity contribution is 5.94. The maximum absolute atomic E-state index is 12.5. The number of carbonyl (C=O) groups excluding carboxylic acids is 1. The van der Waals surface area contributed by atoms with Crippen LogP contribution < -0.4 is 5.73 Å². The molecule has 1 aliphatic rings. The number of nitrogens with zero attached hydrogens (tertiary/aromatic N) is 2. The molecule has 22 heavy (non-hydrogen) atoms. The fourth-order valence-electron chi connectivity index (χ4n) is 2.76. The summed E-state index contributed by atoms with van der Waals surface area (Å²) in [6.07, 6.45) is -0.335. The second-order valence-corrected chi connectivity index (χ2v) is 5.85. The Labute approximate surface area is 138 Å². The molecule has 3 N–H and O–H groups in total. The summed E-state index contributed by atoms with van der Waals surface area (Å²) in [5.41, 5.74) is 7.31. The van der Waals surface area contributed by atoms with Crippen molar-refractivity contribution >= 4 is 18.3 Å². The number of amides is 1. The van der Waals surface area contributed by atoms with Crippen LogP contribution in [0.2, 0.25) is 0 Å². The van der Waals surface area contributed by atoms with Crippen LogP contribution in [0.1, 0.15) is 29.8 Å². The molecule has 0 saturated carbocycles. The fourth-order valence-corrected chi connectivity index (χ4v) is 2.76. The minimum absolute atomic E-state index is 0. The number of aliphatic hydroxyl groups excluding tert-OH is 1. The summed E-state index contributed by atoms with van der Waals surface area (Å²) >= 11 is 0. The van der Waals surface area contributed by atoms with Gasteiger partial charge in [-0.3, -0.25) is 9.69 Å². The van der Waals surface area contributed by atoms with Gasteiger partial charge in [0, 0.05) is 44.3 Å². The van der Waals surface area contributed by atoms with Gasteiger partial charge in [-0.2, -0.15) is 0 Å². The number of benzene rings is 1. The molecule has 124 valence electrons. The number of halogens is 1. The highest BCUT2D eigenvalue weighted by Crippen LogP contribution is 2.14. The Kier molecular flexibility index (Phi) is 7.29. The molecule has 5 nitrogen and oxygen atoms in total. The maximum atomic E-state index is 12.5. The van der Waals surface area contributed by atoms with Crippen LogP contribution in [0.4, 0.5) is 0 Å². The van der Waals surface area contributed by atoms with Gasteiger partial charge in [-0.05, 0) is 31.5 Å². The van der Waals surface area contributed by atoms with Crippen molar-refractivity contribution in [3.8, 4) is 0 Å². The summed E-state index contributed by atoms with van der Waals surface area (Å²) < 4.78 is 0. The predicted octanol–water partition coefficient (Wildman–Crippen LogP) is 1.09. The van der Waals surface area contributed by atoms with Crippen LogP contribution in [0.5, 0.6) is 0 Å². The molecule has 1 fully saturated rings. The Morgan fingerprint density at radius 1 is 1.36 bits per heavy atom. The fraction of sp³-hybridized carbons (Fsp3) is 0.562. The lowest BCUT2D eigenvalue weighted by Crippen LogP contribution is -2.54. The number of rotatable bonds is 4. The van der Waals surface area contributed by atoms with Gasteiger partial charge in [0.15, 0.2) is 0 Å². The molecule has 2 atom stereocenters. The van der Waals surface area contributed by atoms with Crippen molar-refractivity contribution in [2.75, 3.05) is 26.2 Å². The van der Waals surface area contributed by atoms with E-state index in [1.807, 2.05) is 29.2 Å². The predicted molar refractivity (Wildman–Crippen MR) is 90.2 cm³/mol. The number of aliphatic hydroxyl groups is 1. The van der Waals surface area contributed by atoms with Crippen molar-refractivity contribution in [1.82, 2.24) is 9.80 Å². The maximum Gasteiger partial charge on any atom is 0.253 e. The van der Waals surface area contributed by atoms with Crippen molar-refractivity contribution in [2.24, 2.45) is 5.73 Å². The van der Waals surface area contributed by atoms with Crippen LogP contribution in [-0.2, 0) is 6.54 Å². The number of hydrogen-bond acceptors (Lipinski definition) is 4. The van der Waals surface area contributed by atoms with E-state index in [2.05, 4.69) is 11.8 Å². The van der Waals surface area contributed by atoms with Gasteiger partial charge in [-0.25, -0.2) is 0 Å². The van der Waals surface area contributed by atoms with Crippen LogP contribution in [0.25, 0.3) is 0 Å². The van der Waals surface area contributed by atoms with E-state index in [4.69, 9.17) is 5.73 Å². The van der Waals surface area contributed by atoms with Gasteiger partial charge >= 0.3 is 0 Å². The molecule has 2 unspecified atom stereocenters. The molecule has 6 heteroatoms. The summed E-state index contributed by atoms with van der Waals surface area (Å²) in [7, 11) is 0. The van der Waals surface area contributed by atoms with Crippen molar-refractivity contribution in [2.45, 2.75) is 32.5 Å². The Balaban J connectivity index is 0.00000242. The van der Waals surface area contributed by atoms with Gasteiger partial charge < -0.3 is 15.7 Å². The molecular formula is C16H26ClN3O2. The van der Waals surface area contributed by atoms with E-state index < -0.39 is 0 Å². The second kappa shape index (κ2) is 8.48. The first-order valence-corrected chi connectivity index (χ1v) is 7.51. The zero-order valence-electron chi connectivity index (χ0n) is 13.2. The lowest BCUT2D eigenvalue weighted by Gasteiger charge is -2.40. The quantitative estimate of drug-likeness (QED) is 0.868. The zero-order chi connectivity index (χ0) is 15.4. The number of piperazine rings is 1. The highest BCUT2D eigenvalue weighted by Gasteiger charge is 2.27. The van der Waals surface area contributed by atoms with Crippen LogP contribution in [0.3, 0.4) is 0 Å². The van der Waals surface area contributed by atoms with E-state index in [0.29, 0.717) is 31.7 Å². The van der Waals surface area contributed by atoms with E-state index in [0.717, 1.165) is 12.1 Å². The Morgan fingerprint density at radius 3 is 2.50 bits per heavy atom. The molecule has 0 radical (unpaired) electrons. The van der Waals surface area contributed by atoms with Crippen LogP contribution >= 0.6 is 12.4 Å². The minimum Gasteiger partial charge on any atom is -0.392 e. The van der Waals surface area contributed by atoms with Crippen molar-refractivity contribution in [3.63, 3.8) is 0 Å². The van der Waals surface area contributed by atoms with E-state index in [-0.39, 0.29) is 30.5 Å². The van der Waals surface area contributed by atoms with E-state index in [1.54, 1.807) is 6.92 Å². The second-order valence-electron chi connectivity index (χ2n) is 5.85. The minimum atomic E-state index is -0.335. The topological polar surface area (TPSA) is 69.8 Å². The standard InChI is InChI=1S/C16H25N3O2.ClH/c1-12-10-19(8-7-18(12)11-13(2)20)16(21)15-5-3-14(9-17)4-6-15;/h3-6,12-13,20H,7-11,17H2,1-2H3;1H. The largest absolute Gasteiger partial charge is 0.392 e. The molecule has 1 amide bonds. The zero-order valence-corrected chi connectivity index (χ0v) is 14.1. The van der Waals surface area contributed by atoms with Gasteiger partial charge in [0.05, 0.1) is 6.10 Å². The SMILES string of the molecule is CC(O)CN1CCN(C(=O)c2ccc(CN)cc2)CC1C.Cl. The molecule has 0 spiro atoms. The van der Waals surface area contributed by atoms with Crippen LogP contribution in [-0.4, -0.2) is 59.1 Å². The average molecular weight is 328 g/mol. The van der Waals surface area contributed by atoms with Gasteiger partial charge in [-0.15, -0.1) is 12.4 Å². The van der Waals surface area contributed by atoms with Gasteiger partial charge in [-0.1, -0.05) is 12.1 Å². The van der Waals surface area contributed by atoms with Gasteiger partial charge in [0.25, 0.3) is 5.91 Å². The number of β-amino-alcohol motifs (C(OH)–C–C–N with tert-alkyl or cyclic N) is 1. The number of nitrogens with two attached hydrogens (primary N) is 1. The van der Waals surface area contributed by atoms with Crippen LogP contribution in [0, 0.1) is 0 Å². The monoisotopic (exact) mass is 327 g/mol.